The number of nitrogens with one attached hydrogen (secondary N) is 1. The summed E-state index contributed by atoms with van der Waals surface area (Å²) in [6, 6.07) is 8.18. The molecule has 1 fully saturated rings. The minimum Gasteiger partial charge on any atom is -0.396 e. The van der Waals surface area contributed by atoms with Gasteiger partial charge in [0.15, 0.2) is 0 Å². The minimum absolute atomic E-state index is 0.00681. The van der Waals surface area contributed by atoms with Crippen LogP contribution in [0.3, 0.4) is 0 Å². The van der Waals surface area contributed by atoms with Gasteiger partial charge in [-0.05, 0) is 25.0 Å². The lowest BCUT2D eigenvalue weighted by Crippen LogP contribution is -2.55. The third-order valence-corrected chi connectivity index (χ3v) is 4.21. The van der Waals surface area contributed by atoms with Gasteiger partial charge in [0.05, 0.1) is 5.92 Å². The average molecular weight is 316 g/mol. The zero-order chi connectivity index (χ0) is 16.8. The highest BCUT2D eigenvalue weighted by Gasteiger charge is 2.34. The Morgan fingerprint density at radius 3 is 2.61 bits per heavy atom. The number of rotatable bonds is 7. The summed E-state index contributed by atoms with van der Waals surface area (Å²) in [6.07, 6.45) is 1.99. The van der Waals surface area contributed by atoms with E-state index in [1.807, 2.05) is 31.2 Å². The van der Waals surface area contributed by atoms with Gasteiger partial charge >= 0.3 is 0 Å². The zero-order valence-corrected chi connectivity index (χ0v) is 13.5. The van der Waals surface area contributed by atoms with Crippen molar-refractivity contribution < 1.29 is 14.7 Å². The molecule has 2 N–H and O–H groups in total. The van der Waals surface area contributed by atoms with E-state index >= 15 is 0 Å². The average Bonchev–Trinajstić information content (AvgIpc) is 2.51. The lowest BCUT2D eigenvalue weighted by atomic mass is 9.97. The van der Waals surface area contributed by atoms with Crippen LogP contribution in [0.15, 0.2) is 36.9 Å². The standard InChI is InChI=1S/C18H24N2O3/c1-3-17(22)20-10-16(11-20)18(23)19-9-15(12-21)8-14-6-4-13(2)5-7-14/h3-7,15-16,21H,1,8-12H2,2H3,(H,19,23). The van der Waals surface area contributed by atoms with Crippen molar-refractivity contribution in [2.24, 2.45) is 11.8 Å². The topological polar surface area (TPSA) is 69.6 Å². The number of hydrogen-bond donors (Lipinski definition) is 2. The highest BCUT2D eigenvalue weighted by atomic mass is 16.3. The van der Waals surface area contributed by atoms with Crippen LogP contribution < -0.4 is 5.32 Å². The van der Waals surface area contributed by atoms with Crippen LogP contribution in [0.2, 0.25) is 0 Å². The quantitative estimate of drug-likeness (QED) is 0.735. The smallest absolute Gasteiger partial charge is 0.246 e. The Balaban J connectivity index is 1.75. The van der Waals surface area contributed by atoms with E-state index in [0.29, 0.717) is 19.6 Å². The summed E-state index contributed by atoms with van der Waals surface area (Å²) in [6.45, 7) is 6.82. The summed E-state index contributed by atoms with van der Waals surface area (Å²) >= 11 is 0. The maximum atomic E-state index is 12.0. The predicted octanol–water partition coefficient (Wildman–Crippen LogP) is 0.907. The zero-order valence-electron chi connectivity index (χ0n) is 13.5. The molecule has 1 heterocycles. The van der Waals surface area contributed by atoms with E-state index in [1.54, 1.807) is 4.90 Å². The van der Waals surface area contributed by atoms with E-state index in [9.17, 15) is 14.7 Å². The Kier molecular flexibility index (Phi) is 5.93. The Morgan fingerprint density at radius 1 is 1.39 bits per heavy atom. The van der Waals surface area contributed by atoms with E-state index in [1.165, 1.54) is 11.6 Å². The Labute approximate surface area is 137 Å². The first-order chi connectivity index (χ1) is 11.0. The molecule has 5 heteroatoms. The van der Waals surface area contributed by atoms with Crippen LogP contribution in [0.5, 0.6) is 0 Å². The van der Waals surface area contributed by atoms with Gasteiger partial charge in [0.25, 0.3) is 0 Å². The number of carbonyl (C=O) groups excluding carboxylic acids is 2. The predicted molar refractivity (Wildman–Crippen MR) is 88.7 cm³/mol. The first-order valence-electron chi connectivity index (χ1n) is 7.89. The van der Waals surface area contributed by atoms with Gasteiger partial charge in [-0.15, -0.1) is 0 Å². The maximum absolute atomic E-state index is 12.0. The molecule has 2 amide bonds. The van der Waals surface area contributed by atoms with Gasteiger partial charge in [-0.1, -0.05) is 36.4 Å². The number of aliphatic hydroxyl groups is 1. The highest BCUT2D eigenvalue weighted by molar-refractivity contribution is 5.90. The Hall–Kier alpha value is -2.14. The molecule has 1 unspecified atom stereocenters. The number of hydrogen-bond acceptors (Lipinski definition) is 3. The lowest BCUT2D eigenvalue weighted by molar-refractivity contribution is -0.139. The van der Waals surface area contributed by atoms with Crippen LogP contribution >= 0.6 is 0 Å². The lowest BCUT2D eigenvalue weighted by Gasteiger charge is -2.37. The molecule has 1 aliphatic rings. The first-order valence-corrected chi connectivity index (χ1v) is 7.89. The van der Waals surface area contributed by atoms with Gasteiger partial charge in [0.2, 0.25) is 11.8 Å². The normalized spacial score (nSPS) is 15.7. The van der Waals surface area contributed by atoms with Crippen molar-refractivity contribution in [2.75, 3.05) is 26.2 Å². The van der Waals surface area contributed by atoms with Crippen LogP contribution in [0, 0.1) is 18.8 Å². The first kappa shape index (κ1) is 17.2. The molecule has 23 heavy (non-hydrogen) atoms. The molecule has 0 spiro atoms. The van der Waals surface area contributed by atoms with E-state index in [2.05, 4.69) is 11.9 Å². The Bertz CT molecular complexity index is 562. The van der Waals surface area contributed by atoms with Crippen LogP contribution in [-0.4, -0.2) is 48.1 Å². The van der Waals surface area contributed by atoms with Gasteiger partial charge in [-0.25, -0.2) is 0 Å². The SMILES string of the molecule is C=CC(=O)N1CC(C(=O)NCC(CO)Cc2ccc(C)cc2)C1. The molecule has 124 valence electrons. The van der Waals surface area contributed by atoms with Crippen LogP contribution in [0.4, 0.5) is 0 Å². The fourth-order valence-electron chi connectivity index (χ4n) is 2.60. The molecular weight excluding hydrogens is 292 g/mol. The second-order valence-corrected chi connectivity index (χ2v) is 6.13. The minimum atomic E-state index is -0.155. The van der Waals surface area contributed by atoms with Crippen LogP contribution in [0.1, 0.15) is 11.1 Å². The van der Waals surface area contributed by atoms with Crippen molar-refractivity contribution in [3.63, 3.8) is 0 Å². The summed E-state index contributed by atoms with van der Waals surface area (Å²) < 4.78 is 0. The van der Waals surface area contributed by atoms with Gasteiger partial charge < -0.3 is 15.3 Å². The number of carbonyl (C=O) groups is 2. The number of amides is 2. The molecule has 1 atom stereocenters. The summed E-state index contributed by atoms with van der Waals surface area (Å²) in [5.41, 5.74) is 2.35. The number of nitrogens with zero attached hydrogens (tertiary/aromatic N) is 1. The van der Waals surface area contributed by atoms with Gasteiger partial charge in [0, 0.05) is 32.2 Å². The van der Waals surface area contributed by atoms with Crippen molar-refractivity contribution in [3.8, 4) is 0 Å². The molecule has 0 bridgehead atoms. The van der Waals surface area contributed by atoms with Crippen LogP contribution in [0.25, 0.3) is 0 Å². The third-order valence-electron chi connectivity index (χ3n) is 4.21. The summed E-state index contributed by atoms with van der Waals surface area (Å²) in [5.74, 6) is -0.354. The van der Waals surface area contributed by atoms with E-state index in [0.717, 1.165) is 12.0 Å². The number of aliphatic hydroxyl groups excluding tert-OH is 1. The van der Waals surface area contributed by atoms with E-state index in [4.69, 9.17) is 0 Å². The van der Waals surface area contributed by atoms with Gasteiger partial charge in [-0.3, -0.25) is 9.59 Å². The number of likely N-dealkylation sites (tertiary alicyclic amines) is 1. The molecule has 0 aliphatic carbocycles. The van der Waals surface area contributed by atoms with Crippen molar-refractivity contribution in [1.82, 2.24) is 10.2 Å². The molecular formula is C18H24N2O3. The molecule has 5 nitrogen and oxygen atoms in total. The maximum Gasteiger partial charge on any atom is 0.246 e. The Morgan fingerprint density at radius 2 is 2.04 bits per heavy atom. The fraction of sp³-hybridized carbons (Fsp3) is 0.444. The summed E-state index contributed by atoms with van der Waals surface area (Å²) in [5, 5.41) is 12.4. The van der Waals surface area contributed by atoms with Crippen molar-refractivity contribution in [1.29, 1.82) is 0 Å². The highest BCUT2D eigenvalue weighted by Crippen LogP contribution is 2.16. The van der Waals surface area contributed by atoms with Gasteiger partial charge in [0.1, 0.15) is 0 Å². The van der Waals surface area contributed by atoms with E-state index < -0.39 is 0 Å². The molecule has 2 rings (SSSR count). The molecule has 0 saturated carbocycles. The van der Waals surface area contributed by atoms with Gasteiger partial charge in [-0.2, -0.15) is 0 Å². The van der Waals surface area contributed by atoms with Crippen molar-refractivity contribution in [2.45, 2.75) is 13.3 Å². The van der Waals surface area contributed by atoms with Crippen molar-refractivity contribution in [3.05, 3.63) is 48.0 Å². The molecule has 1 aromatic carbocycles. The molecule has 1 saturated heterocycles. The number of aryl methyl sites for hydroxylation is 1. The molecule has 1 aromatic rings. The molecule has 1 aliphatic heterocycles. The summed E-state index contributed by atoms with van der Waals surface area (Å²) in [7, 11) is 0. The van der Waals surface area contributed by atoms with Crippen LogP contribution in [-0.2, 0) is 16.0 Å². The van der Waals surface area contributed by atoms with E-state index in [-0.39, 0.29) is 30.3 Å². The largest absolute Gasteiger partial charge is 0.396 e. The third kappa shape index (κ3) is 4.66. The molecule has 0 radical (unpaired) electrons. The fourth-order valence-corrected chi connectivity index (χ4v) is 2.60. The number of benzene rings is 1. The monoisotopic (exact) mass is 316 g/mol. The second-order valence-electron chi connectivity index (χ2n) is 6.13. The van der Waals surface area contributed by atoms with Crippen molar-refractivity contribution >= 4 is 11.8 Å². The molecule has 0 aromatic heterocycles. The second kappa shape index (κ2) is 7.92. The summed E-state index contributed by atoms with van der Waals surface area (Å²) in [4.78, 5) is 25.0.